The minimum atomic E-state index is -0.0397. The standard InChI is InChI=1S/C21H22N4O2S/c26-20(12-18-15-28-21(24-18)17-4-2-1-3-5-17)23-14-16-6-7-19(22-13-16)25-8-10-27-11-9-25/h1-7,13,15H,8-12,14H2,(H,23,26). The highest BCUT2D eigenvalue weighted by Crippen LogP contribution is 2.23. The Balaban J connectivity index is 1.28. The topological polar surface area (TPSA) is 67.4 Å². The average molecular weight is 395 g/mol. The van der Waals surface area contributed by atoms with Crippen molar-refractivity contribution in [2.75, 3.05) is 31.2 Å². The molecule has 0 radical (unpaired) electrons. The molecule has 0 unspecified atom stereocenters. The number of morpholine rings is 1. The lowest BCUT2D eigenvalue weighted by molar-refractivity contribution is -0.120. The molecule has 0 spiro atoms. The van der Waals surface area contributed by atoms with Crippen molar-refractivity contribution in [3.05, 3.63) is 65.3 Å². The summed E-state index contributed by atoms with van der Waals surface area (Å²) in [4.78, 5) is 23.5. The summed E-state index contributed by atoms with van der Waals surface area (Å²) in [5.41, 5.74) is 2.85. The fourth-order valence-electron chi connectivity index (χ4n) is 3.03. The first-order chi connectivity index (χ1) is 13.8. The number of benzene rings is 1. The first-order valence-corrected chi connectivity index (χ1v) is 10.2. The van der Waals surface area contributed by atoms with Crippen molar-refractivity contribution < 1.29 is 9.53 Å². The van der Waals surface area contributed by atoms with Gasteiger partial charge in [0.2, 0.25) is 5.91 Å². The van der Waals surface area contributed by atoms with Gasteiger partial charge < -0.3 is 15.0 Å². The molecule has 1 fully saturated rings. The highest BCUT2D eigenvalue weighted by Gasteiger charge is 2.12. The van der Waals surface area contributed by atoms with Gasteiger partial charge in [0, 0.05) is 36.8 Å². The van der Waals surface area contributed by atoms with E-state index in [2.05, 4.69) is 20.2 Å². The summed E-state index contributed by atoms with van der Waals surface area (Å²) < 4.78 is 5.36. The lowest BCUT2D eigenvalue weighted by Crippen LogP contribution is -2.36. The molecule has 0 bridgehead atoms. The second-order valence-electron chi connectivity index (χ2n) is 6.59. The Labute approximate surface area is 168 Å². The van der Waals surface area contributed by atoms with E-state index in [-0.39, 0.29) is 12.3 Å². The number of nitrogens with zero attached hydrogens (tertiary/aromatic N) is 3. The number of carbonyl (C=O) groups is 1. The molecule has 3 aromatic rings. The minimum Gasteiger partial charge on any atom is -0.378 e. The molecule has 1 aliphatic heterocycles. The molecule has 1 amide bonds. The summed E-state index contributed by atoms with van der Waals surface area (Å²) >= 11 is 1.56. The number of nitrogens with one attached hydrogen (secondary N) is 1. The molecule has 2 aromatic heterocycles. The van der Waals surface area contributed by atoms with Crippen LogP contribution >= 0.6 is 11.3 Å². The number of hydrogen-bond acceptors (Lipinski definition) is 6. The van der Waals surface area contributed by atoms with Crippen LogP contribution in [0.2, 0.25) is 0 Å². The number of thiazole rings is 1. The van der Waals surface area contributed by atoms with Gasteiger partial charge in [0.25, 0.3) is 0 Å². The number of rotatable bonds is 6. The zero-order chi connectivity index (χ0) is 19.2. The van der Waals surface area contributed by atoms with E-state index in [4.69, 9.17) is 4.74 Å². The maximum atomic E-state index is 12.3. The molecule has 144 valence electrons. The number of anilines is 1. The molecule has 6 nitrogen and oxygen atoms in total. The zero-order valence-electron chi connectivity index (χ0n) is 15.5. The lowest BCUT2D eigenvalue weighted by Gasteiger charge is -2.27. The molecule has 1 aromatic carbocycles. The van der Waals surface area contributed by atoms with Crippen molar-refractivity contribution in [2.45, 2.75) is 13.0 Å². The number of pyridine rings is 1. The fraction of sp³-hybridized carbons (Fsp3) is 0.286. The summed E-state index contributed by atoms with van der Waals surface area (Å²) in [5, 5.41) is 5.83. The molecule has 0 saturated carbocycles. The summed E-state index contributed by atoms with van der Waals surface area (Å²) in [6.45, 7) is 3.67. The van der Waals surface area contributed by atoms with Gasteiger partial charge in [-0.25, -0.2) is 9.97 Å². The van der Waals surface area contributed by atoms with Crippen LogP contribution < -0.4 is 10.2 Å². The highest BCUT2D eigenvalue weighted by molar-refractivity contribution is 7.13. The molecule has 3 heterocycles. The fourth-order valence-corrected chi connectivity index (χ4v) is 3.86. The van der Waals surface area contributed by atoms with Gasteiger partial charge in [0.15, 0.2) is 0 Å². The molecule has 4 rings (SSSR count). The third kappa shape index (κ3) is 4.74. The van der Waals surface area contributed by atoms with Crippen LogP contribution in [-0.2, 0) is 22.5 Å². The second kappa shape index (κ2) is 8.95. The lowest BCUT2D eigenvalue weighted by atomic mass is 10.2. The smallest absolute Gasteiger partial charge is 0.226 e. The highest BCUT2D eigenvalue weighted by atomic mass is 32.1. The number of ether oxygens (including phenoxy) is 1. The third-order valence-corrected chi connectivity index (χ3v) is 5.49. The Kier molecular flexibility index (Phi) is 5.94. The van der Waals surface area contributed by atoms with Gasteiger partial charge in [-0.3, -0.25) is 4.79 Å². The monoisotopic (exact) mass is 394 g/mol. The van der Waals surface area contributed by atoms with Gasteiger partial charge >= 0.3 is 0 Å². The van der Waals surface area contributed by atoms with E-state index in [1.165, 1.54) is 0 Å². The van der Waals surface area contributed by atoms with E-state index in [1.807, 2.05) is 54.0 Å². The van der Waals surface area contributed by atoms with Gasteiger partial charge in [-0.15, -0.1) is 11.3 Å². The van der Waals surface area contributed by atoms with Crippen LogP contribution in [0.3, 0.4) is 0 Å². The largest absolute Gasteiger partial charge is 0.378 e. The van der Waals surface area contributed by atoms with E-state index >= 15 is 0 Å². The Hall–Kier alpha value is -2.77. The van der Waals surface area contributed by atoms with Gasteiger partial charge in [0.1, 0.15) is 10.8 Å². The van der Waals surface area contributed by atoms with Crippen LogP contribution in [0, 0.1) is 0 Å². The molecule has 1 N–H and O–H groups in total. The molecule has 7 heteroatoms. The molecular formula is C21H22N4O2S. The van der Waals surface area contributed by atoms with Crippen LogP contribution in [0.5, 0.6) is 0 Å². The zero-order valence-corrected chi connectivity index (χ0v) is 16.3. The Bertz CT molecular complexity index is 906. The molecule has 1 aliphatic rings. The first-order valence-electron chi connectivity index (χ1n) is 9.32. The van der Waals surface area contributed by atoms with Gasteiger partial charge in [0.05, 0.1) is 25.3 Å². The van der Waals surface area contributed by atoms with Gasteiger partial charge in [-0.05, 0) is 11.6 Å². The molecule has 0 aliphatic carbocycles. The summed E-state index contributed by atoms with van der Waals surface area (Å²) in [5.74, 6) is 0.913. The van der Waals surface area contributed by atoms with Crippen LogP contribution in [0.1, 0.15) is 11.3 Å². The van der Waals surface area contributed by atoms with Gasteiger partial charge in [-0.1, -0.05) is 36.4 Å². The maximum absolute atomic E-state index is 12.3. The first kappa shape index (κ1) is 18.6. The predicted octanol–water partition coefficient (Wildman–Crippen LogP) is 2.90. The summed E-state index contributed by atoms with van der Waals surface area (Å²) in [6.07, 6.45) is 2.10. The molecule has 28 heavy (non-hydrogen) atoms. The van der Waals surface area contributed by atoms with E-state index in [0.29, 0.717) is 6.54 Å². The summed E-state index contributed by atoms with van der Waals surface area (Å²) in [7, 11) is 0. The van der Waals surface area contributed by atoms with Crippen LogP contribution in [-0.4, -0.2) is 42.2 Å². The Morgan fingerprint density at radius 3 is 2.71 bits per heavy atom. The second-order valence-corrected chi connectivity index (χ2v) is 7.45. The third-order valence-electron chi connectivity index (χ3n) is 4.55. The Morgan fingerprint density at radius 1 is 1.14 bits per heavy atom. The number of amides is 1. The molecule has 1 saturated heterocycles. The van der Waals surface area contributed by atoms with Crippen LogP contribution in [0.15, 0.2) is 54.0 Å². The Morgan fingerprint density at radius 2 is 1.96 bits per heavy atom. The average Bonchev–Trinajstić information content (AvgIpc) is 3.22. The van der Waals surface area contributed by atoms with E-state index in [9.17, 15) is 4.79 Å². The van der Waals surface area contributed by atoms with Crippen LogP contribution in [0.4, 0.5) is 5.82 Å². The molecule has 0 atom stereocenters. The number of hydrogen-bond donors (Lipinski definition) is 1. The number of aromatic nitrogens is 2. The van der Waals surface area contributed by atoms with Crippen molar-refractivity contribution in [3.8, 4) is 10.6 Å². The van der Waals surface area contributed by atoms with E-state index in [0.717, 1.165) is 53.9 Å². The normalized spacial score (nSPS) is 14.1. The van der Waals surface area contributed by atoms with Crippen molar-refractivity contribution >= 4 is 23.1 Å². The van der Waals surface area contributed by atoms with Crippen molar-refractivity contribution in [1.82, 2.24) is 15.3 Å². The van der Waals surface area contributed by atoms with Crippen LogP contribution in [0.25, 0.3) is 10.6 Å². The predicted molar refractivity (Wildman–Crippen MR) is 110 cm³/mol. The quantitative estimate of drug-likeness (QED) is 0.696. The minimum absolute atomic E-state index is 0.0397. The summed E-state index contributed by atoms with van der Waals surface area (Å²) in [6, 6.07) is 14.0. The van der Waals surface area contributed by atoms with Gasteiger partial charge in [-0.2, -0.15) is 0 Å². The van der Waals surface area contributed by atoms with Crippen molar-refractivity contribution in [2.24, 2.45) is 0 Å². The SMILES string of the molecule is O=C(Cc1csc(-c2ccccc2)n1)NCc1ccc(N2CCOCC2)nc1. The molecular weight excluding hydrogens is 372 g/mol. The number of carbonyl (C=O) groups excluding carboxylic acids is 1. The van der Waals surface area contributed by atoms with E-state index in [1.54, 1.807) is 11.3 Å². The van der Waals surface area contributed by atoms with E-state index < -0.39 is 0 Å². The van der Waals surface area contributed by atoms with Crippen molar-refractivity contribution in [1.29, 1.82) is 0 Å². The van der Waals surface area contributed by atoms with Crippen molar-refractivity contribution in [3.63, 3.8) is 0 Å². The maximum Gasteiger partial charge on any atom is 0.226 e.